The molecule has 2 aromatic carbocycles. The summed E-state index contributed by atoms with van der Waals surface area (Å²) >= 11 is 0. The highest BCUT2D eigenvalue weighted by atomic mass is 16.3. The van der Waals surface area contributed by atoms with Crippen LogP contribution in [0.2, 0.25) is 0 Å². The molecule has 0 unspecified atom stereocenters. The van der Waals surface area contributed by atoms with E-state index in [4.69, 9.17) is 0 Å². The van der Waals surface area contributed by atoms with Crippen LogP contribution in [0, 0.1) is 13.8 Å². The molecule has 0 fully saturated rings. The molecule has 0 atom stereocenters. The van der Waals surface area contributed by atoms with Crippen LogP contribution in [0.5, 0.6) is 5.75 Å². The highest BCUT2D eigenvalue weighted by Gasteiger charge is 2.11. The van der Waals surface area contributed by atoms with Gasteiger partial charge in [0.1, 0.15) is 5.75 Å². The lowest BCUT2D eigenvalue weighted by molar-refractivity contribution is 0.473. The van der Waals surface area contributed by atoms with Crippen molar-refractivity contribution in [2.45, 2.75) is 13.8 Å². The van der Waals surface area contributed by atoms with Gasteiger partial charge in [-0.25, -0.2) is 0 Å². The van der Waals surface area contributed by atoms with E-state index in [0.29, 0.717) is 0 Å². The number of hydrogen-bond donors (Lipinski definition) is 1. The van der Waals surface area contributed by atoms with Crippen LogP contribution in [0.25, 0.3) is 11.6 Å². The maximum atomic E-state index is 10.3. The molecule has 114 valence electrons. The van der Waals surface area contributed by atoms with Gasteiger partial charge >= 0.3 is 0 Å². The number of hydrogen-bond acceptors (Lipinski definition) is 2. The summed E-state index contributed by atoms with van der Waals surface area (Å²) in [5.74, 6) is 0.276. The van der Waals surface area contributed by atoms with Crippen LogP contribution in [0.15, 0.2) is 66.9 Å². The minimum atomic E-state index is 0.276. The first-order valence-corrected chi connectivity index (χ1v) is 7.63. The van der Waals surface area contributed by atoms with E-state index in [1.54, 1.807) is 12.3 Å². The molecule has 1 N–H and O–H groups in total. The lowest BCUT2D eigenvalue weighted by Gasteiger charge is -2.12. The van der Waals surface area contributed by atoms with Crippen molar-refractivity contribution in [2.24, 2.45) is 0 Å². The highest BCUT2D eigenvalue weighted by molar-refractivity contribution is 5.92. The molecule has 23 heavy (non-hydrogen) atoms. The van der Waals surface area contributed by atoms with Crippen molar-refractivity contribution >= 4 is 11.6 Å². The second-order valence-corrected chi connectivity index (χ2v) is 5.70. The van der Waals surface area contributed by atoms with Crippen LogP contribution in [-0.4, -0.2) is 10.1 Å². The number of rotatable bonds is 3. The van der Waals surface area contributed by atoms with E-state index in [1.807, 2.05) is 43.3 Å². The van der Waals surface area contributed by atoms with Crippen LogP contribution >= 0.6 is 0 Å². The van der Waals surface area contributed by atoms with Crippen LogP contribution < -0.4 is 0 Å². The summed E-state index contributed by atoms with van der Waals surface area (Å²) in [5, 5.41) is 10.3. The Kier molecular flexibility index (Phi) is 4.24. The van der Waals surface area contributed by atoms with Crippen molar-refractivity contribution in [1.82, 2.24) is 4.98 Å². The third-order valence-corrected chi connectivity index (χ3v) is 3.78. The van der Waals surface area contributed by atoms with Crippen LogP contribution in [0.1, 0.15) is 27.9 Å². The molecule has 1 aromatic heterocycles. The van der Waals surface area contributed by atoms with Gasteiger partial charge in [0.15, 0.2) is 0 Å². The maximum absolute atomic E-state index is 10.3. The van der Waals surface area contributed by atoms with E-state index in [1.165, 1.54) is 5.56 Å². The number of phenolic OH excluding ortho intramolecular Hbond substituents is 1. The van der Waals surface area contributed by atoms with Crippen LogP contribution in [0.3, 0.4) is 0 Å². The van der Waals surface area contributed by atoms with Gasteiger partial charge < -0.3 is 5.11 Å². The van der Waals surface area contributed by atoms with Gasteiger partial charge in [-0.3, -0.25) is 4.98 Å². The predicted octanol–water partition coefficient (Wildman–Crippen LogP) is 4.99. The van der Waals surface area contributed by atoms with Crippen LogP contribution in [-0.2, 0) is 0 Å². The van der Waals surface area contributed by atoms with Gasteiger partial charge in [0.25, 0.3) is 0 Å². The zero-order valence-corrected chi connectivity index (χ0v) is 13.3. The number of nitrogens with zero attached hydrogens (tertiary/aromatic N) is 1. The van der Waals surface area contributed by atoms with Crippen molar-refractivity contribution in [3.63, 3.8) is 0 Å². The first-order chi connectivity index (χ1) is 11.1. The molecule has 0 saturated carbocycles. The van der Waals surface area contributed by atoms with E-state index in [0.717, 1.165) is 28.0 Å². The first kappa shape index (κ1) is 15.0. The summed E-state index contributed by atoms with van der Waals surface area (Å²) in [5.41, 5.74) is 6.02. The van der Waals surface area contributed by atoms with Gasteiger partial charge in [0, 0.05) is 11.8 Å². The van der Waals surface area contributed by atoms with E-state index in [-0.39, 0.29) is 5.75 Å². The number of phenols is 1. The summed E-state index contributed by atoms with van der Waals surface area (Å²) < 4.78 is 0. The molecule has 3 aromatic rings. The van der Waals surface area contributed by atoms with E-state index in [2.05, 4.69) is 36.2 Å². The molecule has 2 heteroatoms. The monoisotopic (exact) mass is 301 g/mol. The minimum Gasteiger partial charge on any atom is -0.507 e. The minimum absolute atomic E-state index is 0.276. The van der Waals surface area contributed by atoms with Crippen molar-refractivity contribution in [3.05, 3.63) is 94.8 Å². The quantitative estimate of drug-likeness (QED) is 0.739. The largest absolute Gasteiger partial charge is 0.507 e. The number of aromatic nitrogens is 1. The summed E-state index contributed by atoms with van der Waals surface area (Å²) in [6, 6.07) is 19.8. The zero-order valence-electron chi connectivity index (χ0n) is 13.3. The van der Waals surface area contributed by atoms with E-state index in [9.17, 15) is 5.11 Å². The molecule has 0 aliphatic heterocycles. The van der Waals surface area contributed by atoms with Gasteiger partial charge in [-0.2, -0.15) is 0 Å². The topological polar surface area (TPSA) is 33.1 Å². The fourth-order valence-electron chi connectivity index (χ4n) is 2.52. The Balaban J connectivity index is 2.19. The smallest absolute Gasteiger partial charge is 0.123 e. The Morgan fingerprint density at radius 2 is 1.65 bits per heavy atom. The third-order valence-electron chi connectivity index (χ3n) is 3.78. The zero-order chi connectivity index (χ0) is 16.2. The number of benzene rings is 2. The molecule has 0 radical (unpaired) electrons. The molecular formula is C21H19NO. The molecule has 0 spiro atoms. The maximum Gasteiger partial charge on any atom is 0.123 e. The van der Waals surface area contributed by atoms with Gasteiger partial charge in [-0.1, -0.05) is 47.5 Å². The molecule has 0 saturated heterocycles. The Morgan fingerprint density at radius 3 is 2.35 bits per heavy atom. The van der Waals surface area contributed by atoms with Gasteiger partial charge in [0.2, 0.25) is 0 Å². The SMILES string of the molecule is Cc1ccc(/C(=C\c2ccccn2)c2cc(C)ccc2O)cc1. The Labute approximate surface area is 136 Å². The Hall–Kier alpha value is -2.87. The average molecular weight is 301 g/mol. The lowest BCUT2D eigenvalue weighted by atomic mass is 9.94. The molecule has 1 heterocycles. The van der Waals surface area contributed by atoms with Crippen LogP contribution in [0.4, 0.5) is 0 Å². The molecule has 0 amide bonds. The second-order valence-electron chi connectivity index (χ2n) is 5.70. The molecular weight excluding hydrogens is 282 g/mol. The molecule has 3 rings (SSSR count). The number of aryl methyl sites for hydroxylation is 2. The molecule has 0 aliphatic carbocycles. The van der Waals surface area contributed by atoms with Gasteiger partial charge in [-0.05, 0) is 55.3 Å². The molecule has 2 nitrogen and oxygen atoms in total. The van der Waals surface area contributed by atoms with Crippen molar-refractivity contribution < 1.29 is 5.11 Å². The first-order valence-electron chi connectivity index (χ1n) is 7.63. The Bertz CT molecular complexity index is 833. The fourth-order valence-corrected chi connectivity index (χ4v) is 2.52. The lowest BCUT2D eigenvalue weighted by Crippen LogP contribution is -1.92. The summed E-state index contributed by atoms with van der Waals surface area (Å²) in [4.78, 5) is 4.38. The van der Waals surface area contributed by atoms with Crippen molar-refractivity contribution in [2.75, 3.05) is 0 Å². The number of aromatic hydroxyl groups is 1. The van der Waals surface area contributed by atoms with Crippen molar-refractivity contribution in [3.8, 4) is 5.75 Å². The van der Waals surface area contributed by atoms with E-state index < -0.39 is 0 Å². The normalized spacial score (nSPS) is 11.5. The fraction of sp³-hybridized carbons (Fsp3) is 0.0952. The third kappa shape index (κ3) is 3.49. The summed E-state index contributed by atoms with van der Waals surface area (Å²) in [7, 11) is 0. The standard InChI is InChI=1S/C21H19NO/c1-15-6-9-17(10-7-15)19(14-18-5-3-4-12-22-18)20-13-16(2)8-11-21(20)23/h3-14,23H,1-2H3/b19-14+. The van der Waals surface area contributed by atoms with Crippen molar-refractivity contribution in [1.29, 1.82) is 0 Å². The van der Waals surface area contributed by atoms with Gasteiger partial charge in [0.05, 0.1) is 5.69 Å². The number of pyridine rings is 1. The average Bonchev–Trinajstić information content (AvgIpc) is 2.57. The van der Waals surface area contributed by atoms with E-state index >= 15 is 0 Å². The highest BCUT2D eigenvalue weighted by Crippen LogP contribution is 2.32. The van der Waals surface area contributed by atoms with Gasteiger partial charge in [-0.15, -0.1) is 0 Å². The summed E-state index contributed by atoms with van der Waals surface area (Å²) in [6.45, 7) is 4.09. The predicted molar refractivity (Wildman–Crippen MR) is 95.2 cm³/mol. The second kappa shape index (κ2) is 6.49. The Morgan fingerprint density at radius 1 is 0.913 bits per heavy atom. The molecule has 0 aliphatic rings. The summed E-state index contributed by atoms with van der Waals surface area (Å²) in [6.07, 6.45) is 3.79. The molecule has 0 bridgehead atoms.